The number of carbonyl (C=O) groups excluding carboxylic acids is 3. The topological polar surface area (TPSA) is 103 Å². The minimum atomic E-state index is -0.640. The highest BCUT2D eigenvalue weighted by Gasteiger charge is 2.15. The normalized spacial score (nSPS) is 10.1. The summed E-state index contributed by atoms with van der Waals surface area (Å²) in [5.41, 5.74) is 1.95. The van der Waals surface area contributed by atoms with Crippen LogP contribution < -0.4 is 15.4 Å². The Bertz CT molecular complexity index is 1160. The summed E-state index contributed by atoms with van der Waals surface area (Å²) in [5.74, 6) is -1.10. The van der Waals surface area contributed by atoms with Gasteiger partial charge in [0.2, 0.25) is 0 Å². The number of ether oxygens (including phenoxy) is 3. The number of anilines is 1. The Kier molecular flexibility index (Phi) is 8.31. The van der Waals surface area contributed by atoms with Crippen molar-refractivity contribution in [3.05, 3.63) is 95.1 Å². The van der Waals surface area contributed by atoms with Crippen molar-refractivity contribution in [2.24, 2.45) is 0 Å². The molecule has 8 nitrogen and oxygen atoms in total. The van der Waals surface area contributed by atoms with Crippen molar-refractivity contribution < 1.29 is 28.6 Å². The third kappa shape index (κ3) is 6.63. The Balaban J connectivity index is 1.62. The zero-order valence-electron chi connectivity index (χ0n) is 18.5. The van der Waals surface area contributed by atoms with E-state index in [0.717, 1.165) is 5.56 Å². The van der Waals surface area contributed by atoms with Crippen LogP contribution in [0.15, 0.2) is 72.8 Å². The SMILES string of the molecule is COC(=O)c1cc(NC(=S)NC(=O)c2ccc(OCc3ccccc3)cc2)cc(C(=O)OC)c1. The largest absolute Gasteiger partial charge is 0.489 e. The lowest BCUT2D eigenvalue weighted by molar-refractivity contribution is 0.0599. The molecule has 34 heavy (non-hydrogen) atoms. The fourth-order valence-electron chi connectivity index (χ4n) is 2.95. The molecule has 3 rings (SSSR count). The molecule has 9 heteroatoms. The van der Waals surface area contributed by atoms with Crippen LogP contribution in [0.1, 0.15) is 36.6 Å². The minimum Gasteiger partial charge on any atom is -0.489 e. The van der Waals surface area contributed by atoms with Crippen LogP contribution in [0.3, 0.4) is 0 Å². The van der Waals surface area contributed by atoms with Gasteiger partial charge in [0, 0.05) is 11.3 Å². The molecule has 0 bridgehead atoms. The van der Waals surface area contributed by atoms with Crippen LogP contribution in [-0.2, 0) is 16.1 Å². The molecule has 0 radical (unpaired) electrons. The molecule has 0 aliphatic carbocycles. The van der Waals surface area contributed by atoms with Gasteiger partial charge in [-0.25, -0.2) is 9.59 Å². The van der Waals surface area contributed by atoms with Crippen LogP contribution in [0.2, 0.25) is 0 Å². The fourth-order valence-corrected chi connectivity index (χ4v) is 3.16. The van der Waals surface area contributed by atoms with E-state index in [4.69, 9.17) is 26.4 Å². The molecule has 1 amide bonds. The first-order valence-corrected chi connectivity index (χ1v) is 10.5. The van der Waals surface area contributed by atoms with Gasteiger partial charge in [-0.1, -0.05) is 30.3 Å². The van der Waals surface area contributed by atoms with Gasteiger partial charge in [0.1, 0.15) is 12.4 Å². The molecule has 0 aromatic heterocycles. The monoisotopic (exact) mass is 478 g/mol. The van der Waals surface area contributed by atoms with Gasteiger partial charge in [-0.05, 0) is 60.2 Å². The first-order valence-electron chi connectivity index (χ1n) is 10.1. The van der Waals surface area contributed by atoms with Crippen molar-refractivity contribution in [2.45, 2.75) is 6.61 Å². The van der Waals surface area contributed by atoms with Crippen LogP contribution in [0.5, 0.6) is 5.75 Å². The number of rotatable bonds is 7. The maximum atomic E-state index is 12.6. The van der Waals surface area contributed by atoms with Crippen LogP contribution >= 0.6 is 12.2 Å². The second-order valence-electron chi connectivity index (χ2n) is 6.99. The Labute approximate surface area is 201 Å². The van der Waals surface area contributed by atoms with Gasteiger partial charge in [-0.2, -0.15) is 0 Å². The van der Waals surface area contributed by atoms with Crippen LogP contribution in [0.25, 0.3) is 0 Å². The number of esters is 2. The van der Waals surface area contributed by atoms with E-state index in [1.807, 2.05) is 30.3 Å². The number of amides is 1. The predicted molar refractivity (Wildman–Crippen MR) is 130 cm³/mol. The summed E-state index contributed by atoms with van der Waals surface area (Å²) >= 11 is 5.21. The summed E-state index contributed by atoms with van der Waals surface area (Å²) in [7, 11) is 2.45. The van der Waals surface area contributed by atoms with Gasteiger partial charge >= 0.3 is 11.9 Å². The minimum absolute atomic E-state index is 0.0211. The molecule has 0 fully saturated rings. The van der Waals surface area contributed by atoms with E-state index < -0.39 is 17.8 Å². The highest BCUT2D eigenvalue weighted by molar-refractivity contribution is 7.80. The molecular weight excluding hydrogens is 456 g/mol. The Hall–Kier alpha value is -4.24. The van der Waals surface area contributed by atoms with Gasteiger partial charge in [0.25, 0.3) is 5.91 Å². The first-order chi connectivity index (χ1) is 16.4. The average molecular weight is 479 g/mol. The molecule has 0 spiro atoms. The number of hydrogen-bond acceptors (Lipinski definition) is 7. The van der Waals surface area contributed by atoms with Crippen LogP contribution in [0, 0.1) is 0 Å². The second kappa shape index (κ2) is 11.6. The molecule has 0 saturated heterocycles. The number of carbonyl (C=O) groups is 3. The van der Waals surface area contributed by atoms with E-state index >= 15 is 0 Å². The molecule has 3 aromatic carbocycles. The molecule has 174 valence electrons. The van der Waals surface area contributed by atoms with Crippen molar-refractivity contribution in [1.82, 2.24) is 5.32 Å². The van der Waals surface area contributed by atoms with E-state index in [2.05, 4.69) is 10.6 Å². The summed E-state index contributed by atoms with van der Waals surface area (Å²) in [6, 6.07) is 20.6. The highest BCUT2D eigenvalue weighted by Crippen LogP contribution is 2.18. The lowest BCUT2D eigenvalue weighted by Gasteiger charge is -2.12. The first kappa shape index (κ1) is 24.4. The van der Waals surface area contributed by atoms with Gasteiger partial charge < -0.3 is 19.5 Å². The van der Waals surface area contributed by atoms with Crippen molar-refractivity contribution in [3.63, 3.8) is 0 Å². The molecule has 0 atom stereocenters. The third-order valence-electron chi connectivity index (χ3n) is 4.62. The van der Waals surface area contributed by atoms with Crippen molar-refractivity contribution in [3.8, 4) is 5.75 Å². The predicted octanol–water partition coefficient (Wildman–Crippen LogP) is 3.97. The summed E-state index contributed by atoms with van der Waals surface area (Å²) in [6.07, 6.45) is 0. The second-order valence-corrected chi connectivity index (χ2v) is 7.40. The standard InChI is InChI=1S/C25H22N2O6S/c1-31-23(29)18-12-19(24(30)32-2)14-20(13-18)26-25(34)27-22(28)17-8-10-21(11-9-17)33-15-16-6-4-3-5-7-16/h3-14H,15H2,1-2H3,(H2,26,27,28,34). The maximum absolute atomic E-state index is 12.6. The van der Waals surface area contributed by atoms with E-state index in [9.17, 15) is 14.4 Å². The number of nitrogens with one attached hydrogen (secondary N) is 2. The summed E-state index contributed by atoms with van der Waals surface area (Å²) < 4.78 is 15.1. The fraction of sp³-hybridized carbons (Fsp3) is 0.120. The Morgan fingerprint density at radius 3 is 1.94 bits per heavy atom. The number of benzene rings is 3. The molecule has 0 aliphatic rings. The molecule has 0 aliphatic heterocycles. The summed E-state index contributed by atoms with van der Waals surface area (Å²) in [4.78, 5) is 36.4. The molecule has 2 N–H and O–H groups in total. The smallest absolute Gasteiger partial charge is 0.337 e. The molecule has 0 heterocycles. The summed E-state index contributed by atoms with van der Waals surface area (Å²) in [5, 5.41) is 5.32. The zero-order chi connectivity index (χ0) is 24.5. The van der Waals surface area contributed by atoms with Gasteiger partial charge in [-0.15, -0.1) is 0 Å². The zero-order valence-corrected chi connectivity index (χ0v) is 19.3. The molecule has 0 saturated carbocycles. The van der Waals surface area contributed by atoms with Crippen molar-refractivity contribution >= 4 is 40.9 Å². The van der Waals surface area contributed by atoms with Crippen molar-refractivity contribution in [2.75, 3.05) is 19.5 Å². The van der Waals surface area contributed by atoms with E-state index in [0.29, 0.717) is 23.6 Å². The highest BCUT2D eigenvalue weighted by atomic mass is 32.1. The Morgan fingerprint density at radius 2 is 1.38 bits per heavy atom. The number of methoxy groups -OCH3 is 2. The third-order valence-corrected chi connectivity index (χ3v) is 4.83. The van der Waals surface area contributed by atoms with E-state index in [-0.39, 0.29) is 16.2 Å². The van der Waals surface area contributed by atoms with Crippen molar-refractivity contribution in [1.29, 1.82) is 0 Å². The van der Waals surface area contributed by atoms with Gasteiger partial charge in [0.05, 0.1) is 25.3 Å². The van der Waals surface area contributed by atoms with Gasteiger partial charge in [0.15, 0.2) is 5.11 Å². The lowest BCUT2D eigenvalue weighted by atomic mass is 10.1. The molecule has 0 unspecified atom stereocenters. The number of thiocarbonyl (C=S) groups is 1. The summed E-state index contributed by atoms with van der Waals surface area (Å²) in [6.45, 7) is 0.415. The molecule has 3 aromatic rings. The average Bonchev–Trinajstić information content (AvgIpc) is 2.87. The van der Waals surface area contributed by atoms with Crippen LogP contribution in [-0.4, -0.2) is 37.2 Å². The quantitative estimate of drug-likeness (QED) is 0.389. The van der Waals surface area contributed by atoms with E-state index in [1.165, 1.54) is 32.4 Å². The molecular formula is C25H22N2O6S. The Morgan fingerprint density at radius 1 is 0.794 bits per heavy atom. The number of hydrogen-bond donors (Lipinski definition) is 2. The maximum Gasteiger partial charge on any atom is 0.337 e. The van der Waals surface area contributed by atoms with E-state index in [1.54, 1.807) is 24.3 Å². The van der Waals surface area contributed by atoms with Crippen LogP contribution in [0.4, 0.5) is 5.69 Å². The van der Waals surface area contributed by atoms with Gasteiger partial charge in [-0.3, -0.25) is 10.1 Å². The lowest BCUT2D eigenvalue weighted by Crippen LogP contribution is -2.34.